The topological polar surface area (TPSA) is 18.5 Å². The van der Waals surface area contributed by atoms with E-state index in [1.54, 1.807) is 0 Å². The predicted molar refractivity (Wildman–Crippen MR) is 82.5 cm³/mol. The summed E-state index contributed by atoms with van der Waals surface area (Å²) >= 11 is 0. The Bertz CT molecular complexity index is 248. The number of nitrogens with zero attached hydrogens (tertiary/aromatic N) is 2. The molecule has 3 atom stereocenters. The SMILES string of the molecule is CCNC1CCC(CC)CC1CN1CCN(C)CC1. The fourth-order valence-corrected chi connectivity index (χ4v) is 3.83. The summed E-state index contributed by atoms with van der Waals surface area (Å²) in [7, 11) is 2.24. The lowest BCUT2D eigenvalue weighted by Crippen LogP contribution is -2.50. The summed E-state index contributed by atoms with van der Waals surface area (Å²) in [6.07, 6.45) is 5.65. The molecule has 1 aliphatic heterocycles. The Morgan fingerprint density at radius 3 is 2.42 bits per heavy atom. The van der Waals surface area contributed by atoms with Crippen molar-refractivity contribution in [2.24, 2.45) is 11.8 Å². The normalized spacial score (nSPS) is 34.6. The Kier molecular flexibility index (Phi) is 6.11. The van der Waals surface area contributed by atoms with Crippen LogP contribution in [0.3, 0.4) is 0 Å². The Hall–Kier alpha value is -0.120. The molecule has 1 aliphatic carbocycles. The van der Waals surface area contributed by atoms with Crippen LogP contribution in [0.15, 0.2) is 0 Å². The monoisotopic (exact) mass is 267 g/mol. The first kappa shape index (κ1) is 15.3. The first-order valence-corrected chi connectivity index (χ1v) is 8.37. The second kappa shape index (κ2) is 7.61. The number of nitrogens with one attached hydrogen (secondary N) is 1. The Balaban J connectivity index is 1.85. The van der Waals surface area contributed by atoms with E-state index < -0.39 is 0 Å². The van der Waals surface area contributed by atoms with E-state index in [0.717, 1.165) is 24.4 Å². The van der Waals surface area contributed by atoms with Crippen LogP contribution in [0.2, 0.25) is 0 Å². The number of hydrogen-bond acceptors (Lipinski definition) is 3. The quantitative estimate of drug-likeness (QED) is 0.822. The summed E-state index contributed by atoms with van der Waals surface area (Å²) in [4.78, 5) is 5.15. The maximum atomic E-state index is 3.74. The molecule has 19 heavy (non-hydrogen) atoms. The predicted octanol–water partition coefficient (Wildman–Crippen LogP) is 2.04. The molecule has 0 aromatic carbocycles. The maximum absolute atomic E-state index is 3.74. The Labute approximate surface area is 119 Å². The van der Waals surface area contributed by atoms with Crippen molar-refractivity contribution in [3.63, 3.8) is 0 Å². The molecule has 1 N–H and O–H groups in total. The van der Waals surface area contributed by atoms with Crippen LogP contribution in [0.4, 0.5) is 0 Å². The average molecular weight is 267 g/mol. The van der Waals surface area contributed by atoms with Gasteiger partial charge in [-0.2, -0.15) is 0 Å². The summed E-state index contributed by atoms with van der Waals surface area (Å²) in [5.41, 5.74) is 0. The van der Waals surface area contributed by atoms with Crippen molar-refractivity contribution in [3.8, 4) is 0 Å². The molecule has 0 bridgehead atoms. The lowest BCUT2D eigenvalue weighted by molar-refractivity contribution is 0.0987. The number of rotatable bonds is 5. The van der Waals surface area contributed by atoms with Crippen molar-refractivity contribution >= 4 is 0 Å². The van der Waals surface area contributed by atoms with Crippen molar-refractivity contribution in [3.05, 3.63) is 0 Å². The zero-order valence-corrected chi connectivity index (χ0v) is 13.2. The van der Waals surface area contributed by atoms with E-state index in [4.69, 9.17) is 0 Å². The first-order valence-electron chi connectivity index (χ1n) is 8.37. The molecule has 1 saturated carbocycles. The molecule has 0 aromatic heterocycles. The van der Waals surface area contributed by atoms with Gasteiger partial charge in [0.2, 0.25) is 0 Å². The van der Waals surface area contributed by atoms with Gasteiger partial charge in [0.25, 0.3) is 0 Å². The zero-order chi connectivity index (χ0) is 13.7. The van der Waals surface area contributed by atoms with Crippen molar-refractivity contribution in [2.45, 2.75) is 45.6 Å². The molecule has 0 radical (unpaired) electrons. The van der Waals surface area contributed by atoms with Gasteiger partial charge in [-0.15, -0.1) is 0 Å². The van der Waals surface area contributed by atoms with Gasteiger partial charge in [-0.1, -0.05) is 20.3 Å². The van der Waals surface area contributed by atoms with Gasteiger partial charge < -0.3 is 15.1 Å². The van der Waals surface area contributed by atoms with Crippen molar-refractivity contribution < 1.29 is 0 Å². The van der Waals surface area contributed by atoms with Gasteiger partial charge in [-0.3, -0.25) is 0 Å². The lowest BCUT2D eigenvalue weighted by atomic mass is 9.76. The van der Waals surface area contributed by atoms with Crippen molar-refractivity contribution in [1.29, 1.82) is 0 Å². The highest BCUT2D eigenvalue weighted by atomic mass is 15.2. The first-order chi connectivity index (χ1) is 9.22. The number of likely N-dealkylation sites (N-methyl/N-ethyl adjacent to an activating group) is 1. The number of hydrogen-bond donors (Lipinski definition) is 1. The van der Waals surface area contributed by atoms with Crippen LogP contribution in [0.1, 0.15) is 39.5 Å². The molecular formula is C16H33N3. The molecule has 0 amide bonds. The lowest BCUT2D eigenvalue weighted by Gasteiger charge is -2.41. The Morgan fingerprint density at radius 2 is 1.79 bits per heavy atom. The molecule has 1 saturated heterocycles. The molecule has 1 heterocycles. The van der Waals surface area contributed by atoms with Gasteiger partial charge in [0, 0.05) is 38.8 Å². The highest BCUT2D eigenvalue weighted by Crippen LogP contribution is 2.32. The van der Waals surface area contributed by atoms with Crippen LogP contribution < -0.4 is 5.32 Å². The van der Waals surface area contributed by atoms with E-state index in [-0.39, 0.29) is 0 Å². The second-order valence-corrected chi connectivity index (χ2v) is 6.62. The van der Waals surface area contributed by atoms with Crippen LogP contribution in [0.5, 0.6) is 0 Å². The van der Waals surface area contributed by atoms with E-state index in [0.29, 0.717) is 0 Å². The summed E-state index contributed by atoms with van der Waals surface area (Å²) in [5, 5.41) is 3.74. The fourth-order valence-electron chi connectivity index (χ4n) is 3.83. The summed E-state index contributed by atoms with van der Waals surface area (Å²) in [5.74, 6) is 1.86. The third-order valence-corrected chi connectivity index (χ3v) is 5.22. The van der Waals surface area contributed by atoms with Gasteiger partial charge in [0.1, 0.15) is 0 Å². The molecule has 2 rings (SSSR count). The van der Waals surface area contributed by atoms with E-state index in [1.807, 2.05) is 0 Å². The van der Waals surface area contributed by atoms with Crippen molar-refractivity contribution in [2.75, 3.05) is 46.3 Å². The molecular weight excluding hydrogens is 234 g/mol. The molecule has 3 heteroatoms. The standard InChI is InChI=1S/C16H33N3/c1-4-14-6-7-16(17-5-2)15(12-14)13-19-10-8-18(3)9-11-19/h14-17H,4-13H2,1-3H3. The fraction of sp³-hybridized carbons (Fsp3) is 1.00. The summed E-state index contributed by atoms with van der Waals surface area (Å²) in [6.45, 7) is 12.1. The van der Waals surface area contributed by atoms with Gasteiger partial charge >= 0.3 is 0 Å². The molecule has 2 fully saturated rings. The van der Waals surface area contributed by atoms with E-state index in [2.05, 4.69) is 36.0 Å². The smallest absolute Gasteiger partial charge is 0.0110 e. The van der Waals surface area contributed by atoms with Gasteiger partial charge in [0.05, 0.1) is 0 Å². The second-order valence-electron chi connectivity index (χ2n) is 6.62. The van der Waals surface area contributed by atoms with E-state index in [1.165, 1.54) is 58.4 Å². The third kappa shape index (κ3) is 4.44. The molecule has 2 aliphatic rings. The maximum Gasteiger partial charge on any atom is 0.0110 e. The van der Waals surface area contributed by atoms with Crippen LogP contribution >= 0.6 is 0 Å². The molecule has 112 valence electrons. The van der Waals surface area contributed by atoms with E-state index >= 15 is 0 Å². The Morgan fingerprint density at radius 1 is 1.05 bits per heavy atom. The highest BCUT2D eigenvalue weighted by Gasteiger charge is 2.31. The van der Waals surface area contributed by atoms with Gasteiger partial charge in [-0.05, 0) is 44.7 Å². The summed E-state index contributed by atoms with van der Waals surface area (Å²) < 4.78 is 0. The highest BCUT2D eigenvalue weighted by molar-refractivity contribution is 4.87. The molecule has 3 unspecified atom stereocenters. The van der Waals surface area contributed by atoms with Crippen LogP contribution in [-0.4, -0.2) is 62.2 Å². The van der Waals surface area contributed by atoms with Gasteiger partial charge in [0.15, 0.2) is 0 Å². The third-order valence-electron chi connectivity index (χ3n) is 5.22. The molecule has 3 nitrogen and oxygen atoms in total. The zero-order valence-electron chi connectivity index (χ0n) is 13.2. The molecule has 0 aromatic rings. The van der Waals surface area contributed by atoms with E-state index in [9.17, 15) is 0 Å². The van der Waals surface area contributed by atoms with Crippen molar-refractivity contribution in [1.82, 2.24) is 15.1 Å². The summed E-state index contributed by atoms with van der Waals surface area (Å²) in [6, 6.07) is 0.771. The van der Waals surface area contributed by atoms with Crippen LogP contribution in [0, 0.1) is 11.8 Å². The molecule has 0 spiro atoms. The average Bonchev–Trinajstić information content (AvgIpc) is 2.43. The van der Waals surface area contributed by atoms with Crippen LogP contribution in [-0.2, 0) is 0 Å². The minimum atomic E-state index is 0.771. The minimum absolute atomic E-state index is 0.771. The van der Waals surface area contributed by atoms with Gasteiger partial charge in [-0.25, -0.2) is 0 Å². The minimum Gasteiger partial charge on any atom is -0.314 e. The van der Waals surface area contributed by atoms with Crippen LogP contribution in [0.25, 0.3) is 0 Å². The largest absolute Gasteiger partial charge is 0.314 e. The number of piperazine rings is 1.